The number of nitrogens with one attached hydrogen (secondary N) is 5. The lowest BCUT2D eigenvalue weighted by atomic mass is 10.0. The van der Waals surface area contributed by atoms with Crippen LogP contribution in [0.5, 0.6) is 0 Å². The minimum atomic E-state index is -1.31. The van der Waals surface area contributed by atoms with E-state index in [-0.39, 0.29) is 0 Å². The lowest BCUT2D eigenvalue weighted by Gasteiger charge is -2.17. The van der Waals surface area contributed by atoms with E-state index in [4.69, 9.17) is 9.97 Å². The molecule has 0 saturated carbocycles. The van der Waals surface area contributed by atoms with Gasteiger partial charge in [-0.25, -0.2) is 9.97 Å². The maximum absolute atomic E-state index is 13.2. The monoisotopic (exact) mass is 1180 g/mol. The highest BCUT2D eigenvalue weighted by Crippen LogP contribution is 2.39. The fraction of sp³-hybridized carbons (Fsp3) is 0.145. The number of hydrogen-bond donors (Lipinski definition) is 11. The third-order valence-corrected chi connectivity index (χ3v) is 13.4. The molecule has 0 spiro atoms. The molecule has 0 unspecified atom stereocenters. The summed E-state index contributed by atoms with van der Waals surface area (Å²) in [6, 6.07) is 37.6. The van der Waals surface area contributed by atoms with Gasteiger partial charge in [0.05, 0.1) is 81.7 Å². The van der Waals surface area contributed by atoms with E-state index in [9.17, 15) is 73.8 Å². The van der Waals surface area contributed by atoms with Crippen LogP contribution < -0.4 is 16.0 Å². The summed E-state index contributed by atoms with van der Waals surface area (Å²) in [4.78, 5) is 129. The molecule has 87 heavy (non-hydrogen) atoms. The van der Waals surface area contributed by atoms with Gasteiger partial charge in [-0.1, -0.05) is 66.7 Å². The maximum Gasteiger partial charge on any atom is 0.317 e. The molecule has 7 aromatic rings. The van der Waals surface area contributed by atoms with E-state index in [2.05, 4.69) is 25.9 Å². The van der Waals surface area contributed by atoms with Crippen molar-refractivity contribution in [2.45, 2.75) is 0 Å². The molecule has 5 heterocycles. The van der Waals surface area contributed by atoms with Crippen LogP contribution in [0.4, 0.5) is 17.1 Å². The van der Waals surface area contributed by atoms with Crippen LogP contribution in [0.3, 0.4) is 0 Å². The second kappa shape index (κ2) is 26.9. The first-order valence-electron chi connectivity index (χ1n) is 26.6. The highest BCUT2D eigenvalue weighted by atomic mass is 16.4. The lowest BCUT2D eigenvalue weighted by Crippen LogP contribution is -2.40. The molecule has 0 aliphatic carbocycles. The number of carboxylic acids is 6. The van der Waals surface area contributed by atoms with Crippen LogP contribution in [0.1, 0.15) is 22.8 Å². The van der Waals surface area contributed by atoms with Gasteiger partial charge >= 0.3 is 35.8 Å². The first-order chi connectivity index (χ1) is 41.7. The maximum atomic E-state index is 13.2. The number of benzene rings is 4. The van der Waals surface area contributed by atoms with Crippen LogP contribution >= 0.6 is 0 Å². The molecule has 25 heteroatoms. The molecule has 0 radical (unpaired) electrons. The number of carbonyl (C=O) groups excluding carboxylic acids is 3. The Morgan fingerprint density at radius 2 is 0.540 bits per heavy atom. The number of anilines is 3. The van der Waals surface area contributed by atoms with Crippen LogP contribution in [0.15, 0.2) is 127 Å². The number of carboxylic acid groups (broad SMARTS) is 6. The number of aromatic nitrogens is 4. The highest BCUT2D eigenvalue weighted by Gasteiger charge is 2.23. The Labute approximate surface area is 493 Å². The number of aliphatic carboxylic acids is 6. The SMILES string of the molecule is O=C(O)CN(CC(=O)O)CC(=O)Nc1ccc(-c2c3nc(c(-c4ccc(NC(=O)CN(CC(=O)O)CC(=O)O)cc4)c4ccc([nH]4)c(-c4ccc(NC(=O)CN(CC(=O)O)CC(=O)O)cc4)c4nc(c(-c5ccccc5)c5ccc2[nH]5)C=C4)C=C3)cc1. The Hall–Kier alpha value is -11.4. The molecule has 25 nitrogen and oxygen atoms in total. The smallest absolute Gasteiger partial charge is 0.317 e. The van der Waals surface area contributed by atoms with Crippen LogP contribution in [0, 0.1) is 0 Å². The molecular formula is C62H54N10O15. The number of hydrogen-bond acceptors (Lipinski definition) is 14. The summed E-state index contributed by atoms with van der Waals surface area (Å²) in [6.07, 6.45) is 7.46. The van der Waals surface area contributed by atoms with Crippen molar-refractivity contribution in [2.24, 2.45) is 0 Å². The molecule has 4 aromatic carbocycles. The fourth-order valence-electron chi connectivity index (χ4n) is 10.0. The van der Waals surface area contributed by atoms with Crippen molar-refractivity contribution in [3.63, 3.8) is 0 Å². The van der Waals surface area contributed by atoms with Crippen molar-refractivity contribution in [3.8, 4) is 44.5 Å². The second-order valence-electron chi connectivity index (χ2n) is 20.0. The summed E-state index contributed by atoms with van der Waals surface area (Å²) in [5.41, 5.74) is 10.9. The predicted octanol–water partition coefficient (Wildman–Crippen LogP) is 6.55. The van der Waals surface area contributed by atoms with Crippen molar-refractivity contribution in [1.29, 1.82) is 0 Å². The van der Waals surface area contributed by atoms with Crippen LogP contribution in [-0.2, 0) is 43.2 Å². The van der Waals surface area contributed by atoms with Gasteiger partial charge in [0.2, 0.25) is 17.7 Å². The molecule has 0 saturated heterocycles. The molecule has 9 rings (SSSR count). The molecule has 8 bridgehead atoms. The van der Waals surface area contributed by atoms with Gasteiger partial charge in [-0.05, 0) is 107 Å². The number of rotatable bonds is 25. The summed E-state index contributed by atoms with van der Waals surface area (Å²) in [5.74, 6) is -9.75. The van der Waals surface area contributed by atoms with Gasteiger partial charge in [0.1, 0.15) is 0 Å². The third kappa shape index (κ3) is 15.6. The largest absolute Gasteiger partial charge is 0.480 e. The number of carbonyl (C=O) groups is 9. The second-order valence-corrected chi connectivity index (χ2v) is 20.0. The Morgan fingerprint density at radius 3 is 0.770 bits per heavy atom. The van der Waals surface area contributed by atoms with E-state index in [0.29, 0.717) is 95.3 Å². The van der Waals surface area contributed by atoms with E-state index in [1.807, 2.05) is 78.9 Å². The normalized spacial score (nSPS) is 11.6. The van der Waals surface area contributed by atoms with Gasteiger partial charge in [-0.15, -0.1) is 0 Å². The van der Waals surface area contributed by atoms with Gasteiger partial charge in [0.15, 0.2) is 0 Å². The zero-order chi connectivity index (χ0) is 61.9. The Kier molecular flexibility index (Phi) is 18.6. The van der Waals surface area contributed by atoms with Crippen LogP contribution in [-0.4, -0.2) is 178 Å². The van der Waals surface area contributed by atoms with E-state index in [1.54, 1.807) is 72.8 Å². The number of nitrogens with zero attached hydrogens (tertiary/aromatic N) is 5. The molecule has 11 N–H and O–H groups in total. The first kappa shape index (κ1) is 60.2. The van der Waals surface area contributed by atoms with Crippen LogP contribution in [0.25, 0.3) is 90.9 Å². The van der Waals surface area contributed by atoms with Gasteiger partial charge < -0.3 is 56.6 Å². The molecule has 442 valence electrons. The van der Waals surface area contributed by atoms with E-state index < -0.39 is 112 Å². The number of fused-ring (bicyclic) bond motifs is 8. The summed E-state index contributed by atoms with van der Waals surface area (Å²) >= 11 is 0. The van der Waals surface area contributed by atoms with Gasteiger partial charge in [0.25, 0.3) is 0 Å². The first-order valence-corrected chi connectivity index (χ1v) is 26.6. The van der Waals surface area contributed by atoms with E-state index in [1.165, 1.54) is 0 Å². The summed E-state index contributed by atoms with van der Waals surface area (Å²) < 4.78 is 0. The standard InChI is InChI=1S/C62H54N10O15/c73-50(26-70(29-53(76)77)30-54(78)79)63-39-12-6-36(7-13-39)60-44-20-18-42(66-44)59(35-4-2-1-3-5-35)43-19-21-45(67-43)61(37-8-14-40(15-9-37)64-51(74)27-71(31-55(80)81)32-56(82)83)47-23-25-49(69-47)62(48-24-22-46(60)68-48)38-10-16-41(17-11-38)65-52(75)28-72(33-57(84)85)34-58(86)87/h1-25,66,69H,26-34H2,(H,63,73)(H,64,74)(H,65,75)(H,76,77)(H,78,79)(H,80,81)(H,82,83)(H,84,85)(H,86,87). The van der Waals surface area contributed by atoms with Crippen molar-refractivity contribution >= 4 is 117 Å². The Morgan fingerprint density at radius 1 is 0.310 bits per heavy atom. The molecule has 0 atom stereocenters. The lowest BCUT2D eigenvalue weighted by molar-refractivity contribution is -0.144. The average Bonchev–Trinajstić information content (AvgIpc) is 1.75. The topological polar surface area (TPSA) is 378 Å². The zero-order valence-corrected chi connectivity index (χ0v) is 45.9. The van der Waals surface area contributed by atoms with Crippen molar-refractivity contribution in [2.75, 3.05) is 74.9 Å². The summed E-state index contributed by atoms with van der Waals surface area (Å²) in [7, 11) is 0. The van der Waals surface area contributed by atoms with Crippen molar-refractivity contribution < 1.29 is 73.8 Å². The molecule has 2 aliphatic heterocycles. The van der Waals surface area contributed by atoms with Crippen molar-refractivity contribution in [1.82, 2.24) is 34.6 Å². The summed E-state index contributed by atoms with van der Waals surface area (Å²) in [5, 5.41) is 64.1. The van der Waals surface area contributed by atoms with Gasteiger partial charge in [-0.2, -0.15) is 0 Å². The van der Waals surface area contributed by atoms with Crippen molar-refractivity contribution in [3.05, 3.63) is 150 Å². The van der Waals surface area contributed by atoms with E-state index >= 15 is 0 Å². The quantitative estimate of drug-likeness (QED) is 0.0289. The molecular weight excluding hydrogens is 1120 g/mol. The van der Waals surface area contributed by atoms with Gasteiger partial charge in [-0.3, -0.25) is 57.9 Å². The molecule has 3 amide bonds. The average molecular weight is 1180 g/mol. The fourth-order valence-corrected chi connectivity index (χ4v) is 10.0. The minimum absolute atomic E-state index is 0.319. The Balaban J connectivity index is 1.20. The van der Waals surface area contributed by atoms with Gasteiger partial charge in [0, 0.05) is 61.4 Å². The number of H-pyrrole nitrogens is 2. The third-order valence-electron chi connectivity index (χ3n) is 13.4. The minimum Gasteiger partial charge on any atom is -0.480 e. The number of aromatic amines is 2. The molecule has 3 aromatic heterocycles. The molecule has 2 aliphatic rings. The predicted molar refractivity (Wildman–Crippen MR) is 322 cm³/mol. The van der Waals surface area contributed by atoms with E-state index in [0.717, 1.165) is 25.8 Å². The highest BCUT2D eigenvalue weighted by molar-refractivity contribution is 6.02. The van der Waals surface area contributed by atoms with Crippen LogP contribution in [0.2, 0.25) is 0 Å². The molecule has 0 fully saturated rings. The summed E-state index contributed by atoms with van der Waals surface area (Å²) in [6.45, 7) is -5.57. The number of amides is 3. The Bertz CT molecular complexity index is 3960. The zero-order valence-electron chi connectivity index (χ0n) is 45.9.